The Balaban J connectivity index is 1.61. The average Bonchev–Trinajstić information content (AvgIpc) is 3.21. The Labute approximate surface area is 156 Å². The van der Waals surface area contributed by atoms with Gasteiger partial charge in [0.2, 0.25) is 5.91 Å². The van der Waals surface area contributed by atoms with E-state index in [1.165, 1.54) is 12.8 Å². The Kier molecular flexibility index (Phi) is 6.67. The normalized spacial score (nSPS) is 20.1. The lowest BCUT2D eigenvalue weighted by atomic mass is 9.95. The van der Waals surface area contributed by atoms with Crippen molar-refractivity contribution in [2.45, 2.75) is 45.1 Å². The second-order valence-corrected chi connectivity index (χ2v) is 7.47. The molecule has 5 nitrogen and oxygen atoms in total. The minimum Gasteiger partial charge on any atom is -0.355 e. The fraction of sp³-hybridized carbons (Fsp3) is 0.619. The first-order chi connectivity index (χ1) is 12.7. The molecule has 0 aromatic heterocycles. The molecular weight excluding hydrogens is 326 g/mol. The first-order valence-corrected chi connectivity index (χ1v) is 10.1. The van der Waals surface area contributed by atoms with Crippen LogP contribution in [0, 0.1) is 5.92 Å². The molecule has 1 atom stereocenters. The third kappa shape index (κ3) is 4.44. The Morgan fingerprint density at radius 3 is 2.35 bits per heavy atom. The van der Waals surface area contributed by atoms with Gasteiger partial charge in [-0.05, 0) is 37.3 Å². The summed E-state index contributed by atoms with van der Waals surface area (Å²) in [6.45, 7) is 5.77. The molecule has 3 rings (SSSR count). The van der Waals surface area contributed by atoms with Gasteiger partial charge in [0.05, 0.1) is 6.04 Å². The molecule has 2 aliphatic rings. The maximum Gasteiger partial charge on any atom is 0.253 e. The number of amides is 2. The van der Waals surface area contributed by atoms with E-state index in [0.717, 1.165) is 44.5 Å². The van der Waals surface area contributed by atoms with Gasteiger partial charge in [-0.15, -0.1) is 0 Å². The van der Waals surface area contributed by atoms with Crippen molar-refractivity contribution in [3.8, 4) is 0 Å². The summed E-state index contributed by atoms with van der Waals surface area (Å²) in [5, 5.41) is 3.11. The molecule has 5 heteroatoms. The topological polar surface area (TPSA) is 52.7 Å². The quantitative estimate of drug-likeness (QED) is 0.851. The number of piperazine rings is 1. The van der Waals surface area contributed by atoms with Crippen molar-refractivity contribution in [2.75, 3.05) is 32.7 Å². The van der Waals surface area contributed by atoms with Crippen molar-refractivity contribution in [3.63, 3.8) is 0 Å². The molecule has 1 aromatic rings. The molecule has 2 fully saturated rings. The van der Waals surface area contributed by atoms with Gasteiger partial charge in [-0.3, -0.25) is 14.5 Å². The number of hydrogen-bond donors (Lipinski definition) is 1. The van der Waals surface area contributed by atoms with E-state index in [1.807, 2.05) is 35.2 Å². The Bertz CT molecular complexity index is 591. The largest absolute Gasteiger partial charge is 0.355 e. The van der Waals surface area contributed by atoms with E-state index in [0.29, 0.717) is 19.0 Å². The molecule has 1 N–H and O–H groups in total. The van der Waals surface area contributed by atoms with Crippen molar-refractivity contribution in [1.82, 2.24) is 15.1 Å². The summed E-state index contributed by atoms with van der Waals surface area (Å²) in [7, 11) is 0. The van der Waals surface area contributed by atoms with Gasteiger partial charge in [-0.25, -0.2) is 0 Å². The van der Waals surface area contributed by atoms with Crippen LogP contribution in [0.2, 0.25) is 0 Å². The number of nitrogens with one attached hydrogen (secondary N) is 1. The number of carbonyl (C=O) groups is 2. The Hall–Kier alpha value is -1.88. The zero-order valence-electron chi connectivity index (χ0n) is 15.8. The molecule has 0 bridgehead atoms. The van der Waals surface area contributed by atoms with Crippen LogP contribution in [-0.2, 0) is 4.79 Å². The van der Waals surface area contributed by atoms with Crippen molar-refractivity contribution >= 4 is 11.8 Å². The molecule has 1 aliphatic carbocycles. The summed E-state index contributed by atoms with van der Waals surface area (Å²) in [5.41, 5.74) is 0.744. The summed E-state index contributed by atoms with van der Waals surface area (Å²) in [6, 6.07) is 9.44. The highest BCUT2D eigenvalue weighted by atomic mass is 16.2. The molecule has 0 radical (unpaired) electrons. The summed E-state index contributed by atoms with van der Waals surface area (Å²) >= 11 is 0. The third-order valence-electron chi connectivity index (χ3n) is 5.68. The predicted octanol–water partition coefficient (Wildman–Crippen LogP) is 2.53. The molecule has 1 aliphatic heterocycles. The maximum atomic E-state index is 12.8. The van der Waals surface area contributed by atoms with E-state index in [1.54, 1.807) is 0 Å². The van der Waals surface area contributed by atoms with Crippen molar-refractivity contribution < 1.29 is 9.59 Å². The smallest absolute Gasteiger partial charge is 0.253 e. The van der Waals surface area contributed by atoms with Crippen LogP contribution in [0.5, 0.6) is 0 Å². The highest BCUT2D eigenvalue weighted by Crippen LogP contribution is 2.31. The molecule has 26 heavy (non-hydrogen) atoms. The molecule has 1 heterocycles. The highest BCUT2D eigenvalue weighted by molar-refractivity contribution is 5.94. The van der Waals surface area contributed by atoms with E-state index < -0.39 is 0 Å². The summed E-state index contributed by atoms with van der Waals surface area (Å²) in [5.74, 6) is 0.739. The van der Waals surface area contributed by atoms with Crippen molar-refractivity contribution in [1.29, 1.82) is 0 Å². The van der Waals surface area contributed by atoms with Crippen molar-refractivity contribution in [3.05, 3.63) is 35.9 Å². The second-order valence-electron chi connectivity index (χ2n) is 7.47. The minimum atomic E-state index is -0.0296. The zero-order chi connectivity index (χ0) is 18.4. The summed E-state index contributed by atoms with van der Waals surface area (Å²) < 4.78 is 0. The lowest BCUT2D eigenvalue weighted by Gasteiger charge is -2.40. The number of benzene rings is 1. The van der Waals surface area contributed by atoms with Gasteiger partial charge >= 0.3 is 0 Å². The van der Waals surface area contributed by atoms with E-state index >= 15 is 0 Å². The van der Waals surface area contributed by atoms with E-state index in [2.05, 4.69) is 17.1 Å². The third-order valence-corrected chi connectivity index (χ3v) is 5.68. The lowest BCUT2D eigenvalue weighted by molar-refractivity contribution is -0.129. The van der Waals surface area contributed by atoms with Gasteiger partial charge in [0.1, 0.15) is 0 Å². The zero-order valence-corrected chi connectivity index (χ0v) is 15.8. The van der Waals surface area contributed by atoms with E-state index in [-0.39, 0.29) is 17.9 Å². The Morgan fingerprint density at radius 1 is 1.08 bits per heavy atom. The minimum absolute atomic E-state index is 0.0296. The number of nitrogens with zero attached hydrogens (tertiary/aromatic N) is 2. The first kappa shape index (κ1) is 18.9. The average molecular weight is 357 g/mol. The summed E-state index contributed by atoms with van der Waals surface area (Å²) in [4.78, 5) is 29.7. The predicted molar refractivity (Wildman–Crippen MR) is 103 cm³/mol. The van der Waals surface area contributed by atoms with Crippen LogP contribution in [-0.4, -0.2) is 60.4 Å². The fourth-order valence-electron chi connectivity index (χ4n) is 4.27. The first-order valence-electron chi connectivity index (χ1n) is 10.1. The van der Waals surface area contributed by atoms with Crippen LogP contribution in [0.1, 0.15) is 49.4 Å². The van der Waals surface area contributed by atoms with Gasteiger partial charge in [0, 0.05) is 38.3 Å². The lowest BCUT2D eigenvalue weighted by Crippen LogP contribution is -2.58. The summed E-state index contributed by atoms with van der Waals surface area (Å²) in [6.07, 6.45) is 5.71. The molecule has 0 unspecified atom stereocenters. The molecule has 142 valence electrons. The van der Waals surface area contributed by atoms with E-state index in [9.17, 15) is 9.59 Å². The highest BCUT2D eigenvalue weighted by Gasteiger charge is 2.37. The van der Waals surface area contributed by atoms with Crippen LogP contribution >= 0.6 is 0 Å². The van der Waals surface area contributed by atoms with Crippen molar-refractivity contribution in [2.24, 2.45) is 5.92 Å². The molecule has 1 saturated carbocycles. The van der Waals surface area contributed by atoms with Crippen LogP contribution in [0.15, 0.2) is 30.3 Å². The van der Waals surface area contributed by atoms with Crippen LogP contribution in [0.4, 0.5) is 0 Å². The SMILES string of the molecule is CCCNC(=O)[C@H](C1CCCC1)N1CCN(C(=O)c2ccccc2)CC1. The Morgan fingerprint density at radius 2 is 1.73 bits per heavy atom. The van der Waals surface area contributed by atoms with Crippen LogP contribution in [0.25, 0.3) is 0 Å². The number of carbonyl (C=O) groups excluding carboxylic acids is 2. The number of rotatable bonds is 6. The fourth-order valence-corrected chi connectivity index (χ4v) is 4.27. The molecule has 1 aromatic carbocycles. The second kappa shape index (κ2) is 9.17. The molecule has 2 amide bonds. The molecule has 1 saturated heterocycles. The van der Waals surface area contributed by atoms with Gasteiger partial charge in [0.25, 0.3) is 5.91 Å². The van der Waals surface area contributed by atoms with E-state index in [4.69, 9.17) is 0 Å². The van der Waals surface area contributed by atoms with Gasteiger partial charge in [0.15, 0.2) is 0 Å². The monoisotopic (exact) mass is 357 g/mol. The standard InChI is InChI=1S/C21H31N3O2/c1-2-12-22-20(25)19(17-8-6-7-9-17)23-13-15-24(16-14-23)21(26)18-10-4-3-5-11-18/h3-5,10-11,17,19H,2,6-9,12-16H2,1H3,(H,22,25)/t19-/m0/s1. The van der Waals surface area contributed by atoms with Crippen LogP contribution in [0.3, 0.4) is 0 Å². The van der Waals surface area contributed by atoms with Gasteiger partial charge < -0.3 is 10.2 Å². The maximum absolute atomic E-state index is 12.8. The van der Waals surface area contributed by atoms with Gasteiger partial charge in [-0.1, -0.05) is 38.0 Å². The molecule has 0 spiro atoms. The van der Waals surface area contributed by atoms with Gasteiger partial charge in [-0.2, -0.15) is 0 Å². The molecular formula is C21H31N3O2. The number of hydrogen-bond acceptors (Lipinski definition) is 3. The van der Waals surface area contributed by atoms with Crippen LogP contribution < -0.4 is 5.32 Å².